The van der Waals surface area contributed by atoms with E-state index in [0.29, 0.717) is 13.1 Å². The van der Waals surface area contributed by atoms with Gasteiger partial charge in [-0.1, -0.05) is 29.8 Å². The average molecular weight is 413 g/mol. The van der Waals surface area contributed by atoms with Gasteiger partial charge in [0.15, 0.2) is 0 Å². The van der Waals surface area contributed by atoms with Gasteiger partial charge >= 0.3 is 0 Å². The molecule has 0 radical (unpaired) electrons. The van der Waals surface area contributed by atoms with Crippen LogP contribution >= 0.6 is 11.6 Å². The lowest BCUT2D eigenvalue weighted by Gasteiger charge is -2.33. The van der Waals surface area contributed by atoms with E-state index in [0.717, 1.165) is 31.0 Å². The predicted molar refractivity (Wildman–Crippen MR) is 104 cm³/mol. The first-order chi connectivity index (χ1) is 12.8. The third kappa shape index (κ3) is 5.90. The van der Waals surface area contributed by atoms with Gasteiger partial charge in [0.25, 0.3) is 0 Å². The summed E-state index contributed by atoms with van der Waals surface area (Å²) in [6.07, 6.45) is 1.60. The maximum absolute atomic E-state index is 13.9. The molecule has 0 spiro atoms. The van der Waals surface area contributed by atoms with Gasteiger partial charge in [0.2, 0.25) is 10.0 Å². The van der Waals surface area contributed by atoms with Crippen LogP contribution in [0.4, 0.5) is 4.39 Å². The molecule has 1 unspecified atom stereocenters. The summed E-state index contributed by atoms with van der Waals surface area (Å²) in [5, 5.41) is 9.81. The highest BCUT2D eigenvalue weighted by Gasteiger charge is 2.25. The molecule has 2 aromatic carbocycles. The monoisotopic (exact) mass is 412 g/mol. The van der Waals surface area contributed by atoms with E-state index >= 15 is 0 Å². The van der Waals surface area contributed by atoms with Crippen molar-refractivity contribution >= 4 is 21.6 Å². The van der Waals surface area contributed by atoms with Crippen LogP contribution in [0.15, 0.2) is 42.5 Å². The fourth-order valence-electron chi connectivity index (χ4n) is 3.35. The van der Waals surface area contributed by atoms with Gasteiger partial charge in [0.1, 0.15) is 11.6 Å². The second-order valence-electron chi connectivity index (χ2n) is 6.86. The molecule has 0 aromatic heterocycles. The molecule has 1 heterocycles. The molecule has 2 N–H and O–H groups in total. The molecular formula is C19H22ClFN2O3S. The van der Waals surface area contributed by atoms with E-state index < -0.39 is 21.6 Å². The van der Waals surface area contributed by atoms with E-state index in [1.807, 2.05) is 6.07 Å². The standard InChI is InChI=1S/C19H22ClFN2O3S/c20-16-7-6-15(19(21)10-16)13-27(25,26)22-17-4-2-8-23(12-17)11-14-3-1-5-18(24)9-14/h1,3,5-7,9-10,17,22,24H,2,4,8,11-13H2. The normalized spacial score (nSPS) is 18.5. The van der Waals surface area contributed by atoms with Crippen molar-refractivity contribution < 1.29 is 17.9 Å². The molecular weight excluding hydrogens is 391 g/mol. The zero-order valence-electron chi connectivity index (χ0n) is 14.7. The Morgan fingerprint density at radius 3 is 2.81 bits per heavy atom. The van der Waals surface area contributed by atoms with Crippen molar-refractivity contribution in [2.45, 2.75) is 31.2 Å². The molecule has 0 saturated carbocycles. The number of hydrogen-bond donors (Lipinski definition) is 2. The van der Waals surface area contributed by atoms with Gasteiger partial charge in [-0.15, -0.1) is 0 Å². The minimum atomic E-state index is -3.67. The van der Waals surface area contributed by atoms with Gasteiger partial charge in [-0.25, -0.2) is 17.5 Å². The summed E-state index contributed by atoms with van der Waals surface area (Å²) in [7, 11) is -3.67. The van der Waals surface area contributed by atoms with E-state index in [1.165, 1.54) is 12.1 Å². The van der Waals surface area contributed by atoms with Crippen LogP contribution < -0.4 is 4.72 Å². The number of aromatic hydroxyl groups is 1. The molecule has 2 aromatic rings. The molecule has 3 rings (SSSR count). The topological polar surface area (TPSA) is 69.6 Å². The quantitative estimate of drug-likeness (QED) is 0.764. The Kier molecular flexibility index (Phi) is 6.37. The van der Waals surface area contributed by atoms with Gasteiger partial charge in [0.05, 0.1) is 5.75 Å². The van der Waals surface area contributed by atoms with Crippen LogP contribution in [0.3, 0.4) is 0 Å². The predicted octanol–water partition coefficient (Wildman–Crippen LogP) is 3.27. The van der Waals surface area contributed by atoms with Crippen molar-refractivity contribution in [3.05, 3.63) is 64.4 Å². The lowest BCUT2D eigenvalue weighted by atomic mass is 10.1. The minimum absolute atomic E-state index is 0.0966. The van der Waals surface area contributed by atoms with Crippen LogP contribution in [0.2, 0.25) is 5.02 Å². The fourth-order valence-corrected chi connectivity index (χ4v) is 4.93. The summed E-state index contributed by atoms with van der Waals surface area (Å²) in [5.74, 6) is -0.826. The second-order valence-corrected chi connectivity index (χ2v) is 9.05. The number of halogens is 2. The molecule has 0 aliphatic carbocycles. The maximum atomic E-state index is 13.9. The molecule has 1 saturated heterocycles. The number of nitrogens with zero attached hydrogens (tertiary/aromatic N) is 1. The highest BCUT2D eigenvalue weighted by molar-refractivity contribution is 7.88. The summed E-state index contributed by atoms with van der Waals surface area (Å²) < 4.78 is 41.5. The zero-order chi connectivity index (χ0) is 19.4. The Morgan fingerprint density at radius 1 is 1.26 bits per heavy atom. The highest BCUT2D eigenvalue weighted by Crippen LogP contribution is 2.19. The van der Waals surface area contributed by atoms with Crippen molar-refractivity contribution in [1.29, 1.82) is 0 Å². The van der Waals surface area contributed by atoms with Gasteiger partial charge in [-0.2, -0.15) is 0 Å². The Morgan fingerprint density at radius 2 is 2.07 bits per heavy atom. The first-order valence-corrected chi connectivity index (χ1v) is 10.8. The van der Waals surface area contributed by atoms with E-state index in [-0.39, 0.29) is 22.4 Å². The zero-order valence-corrected chi connectivity index (χ0v) is 16.3. The second kappa shape index (κ2) is 8.56. The molecule has 1 aliphatic rings. The van der Waals surface area contributed by atoms with E-state index in [1.54, 1.807) is 18.2 Å². The first-order valence-electron chi connectivity index (χ1n) is 8.75. The molecule has 27 heavy (non-hydrogen) atoms. The molecule has 0 amide bonds. The molecule has 146 valence electrons. The third-order valence-corrected chi connectivity index (χ3v) is 6.15. The molecule has 8 heteroatoms. The molecule has 5 nitrogen and oxygen atoms in total. The smallest absolute Gasteiger partial charge is 0.216 e. The Labute approximate surface area is 163 Å². The van der Waals surface area contributed by atoms with Gasteiger partial charge in [-0.3, -0.25) is 4.90 Å². The van der Waals surface area contributed by atoms with E-state index in [4.69, 9.17) is 11.6 Å². The first kappa shape index (κ1) is 20.1. The molecule has 1 aliphatic heterocycles. The molecule has 1 fully saturated rings. The number of nitrogens with one attached hydrogen (secondary N) is 1. The number of likely N-dealkylation sites (tertiary alicyclic amines) is 1. The van der Waals surface area contributed by atoms with Crippen LogP contribution in [0.5, 0.6) is 5.75 Å². The van der Waals surface area contributed by atoms with Crippen molar-refractivity contribution in [2.24, 2.45) is 0 Å². The molecule has 1 atom stereocenters. The number of rotatable bonds is 6. The largest absolute Gasteiger partial charge is 0.508 e. The average Bonchev–Trinajstić information content (AvgIpc) is 2.57. The summed E-state index contributed by atoms with van der Waals surface area (Å²) in [6, 6.07) is 10.8. The Hall–Kier alpha value is -1.67. The van der Waals surface area contributed by atoms with E-state index in [2.05, 4.69) is 9.62 Å². The number of benzene rings is 2. The SMILES string of the molecule is O=S(=O)(Cc1ccc(Cl)cc1F)NC1CCCN(Cc2cccc(O)c2)C1. The summed E-state index contributed by atoms with van der Waals surface area (Å²) in [5.41, 5.74) is 1.07. The van der Waals surface area contributed by atoms with Crippen LogP contribution in [0.1, 0.15) is 24.0 Å². The van der Waals surface area contributed by atoms with Crippen LogP contribution in [0.25, 0.3) is 0 Å². The summed E-state index contributed by atoms with van der Waals surface area (Å²) in [6.45, 7) is 2.07. The van der Waals surface area contributed by atoms with E-state index in [9.17, 15) is 17.9 Å². The van der Waals surface area contributed by atoms with Gasteiger partial charge in [0, 0.05) is 29.7 Å². The van der Waals surface area contributed by atoms with Gasteiger partial charge in [-0.05, 0) is 49.2 Å². The van der Waals surface area contributed by atoms with Crippen molar-refractivity contribution in [2.75, 3.05) is 13.1 Å². The minimum Gasteiger partial charge on any atom is -0.508 e. The van der Waals surface area contributed by atoms with Gasteiger partial charge < -0.3 is 5.11 Å². The lowest BCUT2D eigenvalue weighted by Crippen LogP contribution is -2.47. The number of hydrogen-bond acceptors (Lipinski definition) is 4. The third-order valence-electron chi connectivity index (χ3n) is 4.53. The number of piperidine rings is 1. The Bertz CT molecular complexity index is 908. The Balaban J connectivity index is 1.60. The summed E-state index contributed by atoms with van der Waals surface area (Å²) >= 11 is 5.71. The summed E-state index contributed by atoms with van der Waals surface area (Å²) in [4.78, 5) is 2.15. The molecule has 0 bridgehead atoms. The lowest BCUT2D eigenvalue weighted by molar-refractivity contribution is 0.194. The van der Waals surface area contributed by atoms with Crippen molar-refractivity contribution in [3.63, 3.8) is 0 Å². The maximum Gasteiger partial charge on any atom is 0.216 e. The van der Waals surface area contributed by atoms with Crippen LogP contribution in [-0.2, 0) is 22.3 Å². The van der Waals surface area contributed by atoms with Crippen molar-refractivity contribution in [3.8, 4) is 5.75 Å². The highest BCUT2D eigenvalue weighted by atomic mass is 35.5. The fraction of sp³-hybridized carbons (Fsp3) is 0.368. The number of phenols is 1. The number of sulfonamides is 1. The van der Waals surface area contributed by atoms with Crippen molar-refractivity contribution in [1.82, 2.24) is 9.62 Å². The number of phenolic OH excluding ortho intramolecular Hbond substituents is 1. The van der Waals surface area contributed by atoms with Crippen LogP contribution in [-0.4, -0.2) is 37.6 Å². The van der Waals surface area contributed by atoms with Crippen LogP contribution in [0, 0.1) is 5.82 Å².